The molecule has 1 atom stereocenters. The van der Waals surface area contributed by atoms with Gasteiger partial charge in [-0.15, -0.1) is 5.06 Å². The maximum absolute atomic E-state index is 12.0. The Balaban J connectivity index is 1.87. The van der Waals surface area contributed by atoms with Crippen LogP contribution in [0.5, 0.6) is 0 Å². The van der Waals surface area contributed by atoms with Crippen molar-refractivity contribution >= 4 is 41.5 Å². The Kier molecular flexibility index (Phi) is 6.58. The molecular formula is C16H16N2O10. The van der Waals surface area contributed by atoms with Gasteiger partial charge >= 0.3 is 17.9 Å². The number of nitrogens with zero attached hydrogens (tertiary/aromatic N) is 2. The van der Waals surface area contributed by atoms with Crippen molar-refractivity contribution < 1.29 is 48.2 Å². The zero-order valence-corrected chi connectivity index (χ0v) is 14.5. The van der Waals surface area contributed by atoms with Gasteiger partial charge in [-0.25, -0.2) is 4.79 Å². The highest BCUT2D eigenvalue weighted by molar-refractivity contribution is 6.12. The second-order valence-electron chi connectivity index (χ2n) is 5.83. The molecule has 0 spiro atoms. The van der Waals surface area contributed by atoms with E-state index in [4.69, 9.17) is 9.84 Å². The predicted octanol–water partition coefficient (Wildman–Crippen LogP) is -1.31. The third kappa shape index (κ3) is 5.22. The molecule has 0 radical (unpaired) electrons. The normalized spacial score (nSPS) is 17.3. The van der Waals surface area contributed by atoms with E-state index in [2.05, 4.69) is 4.84 Å². The van der Waals surface area contributed by atoms with Crippen LogP contribution in [0.25, 0.3) is 0 Å². The highest BCUT2D eigenvalue weighted by atomic mass is 16.7. The first-order valence-electron chi connectivity index (χ1n) is 8.21. The minimum absolute atomic E-state index is 0.0237. The molecule has 2 aliphatic heterocycles. The van der Waals surface area contributed by atoms with Crippen LogP contribution in [0.15, 0.2) is 12.2 Å². The quantitative estimate of drug-likeness (QED) is 0.365. The van der Waals surface area contributed by atoms with Gasteiger partial charge < -0.3 is 14.7 Å². The average molecular weight is 396 g/mol. The van der Waals surface area contributed by atoms with Crippen LogP contribution in [-0.4, -0.2) is 69.3 Å². The number of rotatable bonds is 9. The van der Waals surface area contributed by atoms with Crippen LogP contribution in [-0.2, 0) is 43.1 Å². The Morgan fingerprint density at radius 3 is 2.14 bits per heavy atom. The molecule has 1 unspecified atom stereocenters. The summed E-state index contributed by atoms with van der Waals surface area (Å²) in [6.45, 7) is -0.0649. The fourth-order valence-electron chi connectivity index (χ4n) is 2.39. The molecule has 1 saturated heterocycles. The third-order valence-corrected chi connectivity index (χ3v) is 3.75. The molecule has 1 fully saturated rings. The van der Waals surface area contributed by atoms with Gasteiger partial charge in [0.2, 0.25) is 6.10 Å². The lowest BCUT2D eigenvalue weighted by atomic mass is 10.2. The predicted molar refractivity (Wildman–Crippen MR) is 84.4 cm³/mol. The van der Waals surface area contributed by atoms with Crippen molar-refractivity contribution in [1.29, 1.82) is 0 Å². The van der Waals surface area contributed by atoms with E-state index in [1.54, 1.807) is 0 Å². The summed E-state index contributed by atoms with van der Waals surface area (Å²) in [7, 11) is 0. The molecule has 1 N–H and O–H groups in total. The minimum Gasteiger partial charge on any atom is -0.481 e. The maximum Gasteiger partial charge on any atom is 0.374 e. The summed E-state index contributed by atoms with van der Waals surface area (Å²) in [4.78, 5) is 85.9. The van der Waals surface area contributed by atoms with Crippen molar-refractivity contribution in [3.05, 3.63) is 12.2 Å². The topological polar surface area (TPSA) is 165 Å². The molecule has 12 heteroatoms. The fraction of sp³-hybridized carbons (Fsp3) is 0.438. The smallest absolute Gasteiger partial charge is 0.374 e. The standard InChI is InChI=1S/C16H16N2O10/c19-10-3-4-11(20)17(10)7-1-2-15(25)27-9(8-14(23)24)16(26)28-18-12(21)5-6-13(18)22/h3-4,9H,1-2,5-8H2,(H,23,24). The number of carbonyl (C=O) groups excluding carboxylic acids is 6. The van der Waals surface area contributed by atoms with Crippen molar-refractivity contribution in [2.24, 2.45) is 0 Å². The van der Waals surface area contributed by atoms with Crippen LogP contribution >= 0.6 is 0 Å². The molecule has 0 bridgehead atoms. The summed E-state index contributed by atoms with van der Waals surface area (Å²) in [5.41, 5.74) is 0. The molecule has 2 rings (SSSR count). The van der Waals surface area contributed by atoms with E-state index in [-0.39, 0.29) is 37.3 Å². The first kappa shape index (κ1) is 20.7. The molecule has 0 aromatic rings. The minimum atomic E-state index is -1.87. The molecule has 0 aromatic carbocycles. The maximum atomic E-state index is 12.0. The number of imide groups is 2. The van der Waals surface area contributed by atoms with Crippen molar-refractivity contribution in [3.8, 4) is 0 Å². The average Bonchev–Trinajstić information content (AvgIpc) is 3.10. The second-order valence-corrected chi connectivity index (χ2v) is 5.83. The summed E-state index contributed by atoms with van der Waals surface area (Å²) in [6.07, 6.45) is -1.24. The largest absolute Gasteiger partial charge is 0.481 e. The van der Waals surface area contributed by atoms with Gasteiger partial charge in [-0.2, -0.15) is 0 Å². The molecule has 0 aromatic heterocycles. The van der Waals surface area contributed by atoms with Gasteiger partial charge in [0.1, 0.15) is 0 Å². The summed E-state index contributed by atoms with van der Waals surface area (Å²) in [6, 6.07) is 0. The highest BCUT2D eigenvalue weighted by Crippen LogP contribution is 2.15. The highest BCUT2D eigenvalue weighted by Gasteiger charge is 2.37. The number of carboxylic acid groups (broad SMARTS) is 1. The number of aliphatic carboxylic acids is 1. The van der Waals surface area contributed by atoms with Gasteiger partial charge in [0.15, 0.2) is 0 Å². The van der Waals surface area contributed by atoms with E-state index in [1.807, 2.05) is 0 Å². The van der Waals surface area contributed by atoms with Crippen LogP contribution < -0.4 is 0 Å². The monoisotopic (exact) mass is 396 g/mol. The molecule has 0 saturated carbocycles. The van der Waals surface area contributed by atoms with Gasteiger partial charge in [-0.3, -0.25) is 33.7 Å². The van der Waals surface area contributed by atoms with Crippen LogP contribution in [0, 0.1) is 0 Å². The number of hydroxylamine groups is 2. The lowest BCUT2D eigenvalue weighted by molar-refractivity contribution is -0.206. The summed E-state index contributed by atoms with van der Waals surface area (Å²) >= 11 is 0. The Hall–Kier alpha value is -3.57. The van der Waals surface area contributed by atoms with E-state index in [9.17, 15) is 33.6 Å². The van der Waals surface area contributed by atoms with Crippen LogP contribution in [0.3, 0.4) is 0 Å². The number of carboxylic acids is 1. The second kappa shape index (κ2) is 8.88. The van der Waals surface area contributed by atoms with Crippen molar-refractivity contribution in [1.82, 2.24) is 9.96 Å². The first-order valence-corrected chi connectivity index (χ1v) is 8.21. The van der Waals surface area contributed by atoms with Crippen LogP contribution in [0.1, 0.15) is 32.1 Å². The van der Waals surface area contributed by atoms with Crippen molar-refractivity contribution in [3.63, 3.8) is 0 Å². The lowest BCUT2D eigenvalue weighted by Crippen LogP contribution is -2.39. The number of carbonyl (C=O) groups is 7. The first-order chi connectivity index (χ1) is 13.2. The number of amides is 4. The number of esters is 1. The van der Waals surface area contributed by atoms with Crippen molar-refractivity contribution in [2.45, 2.75) is 38.2 Å². The summed E-state index contributed by atoms with van der Waals surface area (Å²) in [5, 5.41) is 9.06. The van der Waals surface area contributed by atoms with E-state index in [0.717, 1.165) is 17.1 Å². The molecule has 150 valence electrons. The zero-order valence-electron chi connectivity index (χ0n) is 14.5. The fourth-order valence-corrected chi connectivity index (χ4v) is 2.39. The third-order valence-electron chi connectivity index (χ3n) is 3.75. The molecule has 2 heterocycles. The van der Waals surface area contributed by atoms with Gasteiger partial charge in [0.05, 0.1) is 6.42 Å². The number of hydrogen-bond donors (Lipinski definition) is 1. The Bertz CT molecular complexity index is 737. The Morgan fingerprint density at radius 2 is 1.61 bits per heavy atom. The zero-order chi connectivity index (χ0) is 20.8. The molecule has 0 aliphatic carbocycles. The molecule has 28 heavy (non-hydrogen) atoms. The number of ether oxygens (including phenoxy) is 1. The van der Waals surface area contributed by atoms with E-state index in [0.29, 0.717) is 0 Å². The SMILES string of the molecule is O=C(O)CC(OC(=O)CCCN1C(=O)C=CC1=O)C(=O)ON1C(=O)CCC1=O. The molecule has 2 aliphatic rings. The van der Waals surface area contributed by atoms with E-state index >= 15 is 0 Å². The van der Waals surface area contributed by atoms with Gasteiger partial charge in [0.25, 0.3) is 23.6 Å². The van der Waals surface area contributed by atoms with Crippen molar-refractivity contribution in [2.75, 3.05) is 6.54 Å². The van der Waals surface area contributed by atoms with Gasteiger partial charge in [0, 0.05) is 38.0 Å². The van der Waals surface area contributed by atoms with Crippen LogP contribution in [0.4, 0.5) is 0 Å². The van der Waals surface area contributed by atoms with E-state index < -0.39 is 54.1 Å². The number of hydrogen-bond acceptors (Lipinski definition) is 9. The van der Waals surface area contributed by atoms with E-state index in [1.165, 1.54) is 0 Å². The molecule has 12 nitrogen and oxygen atoms in total. The molecular weight excluding hydrogens is 380 g/mol. The lowest BCUT2D eigenvalue weighted by Gasteiger charge is -2.18. The van der Waals surface area contributed by atoms with Gasteiger partial charge in [-0.1, -0.05) is 0 Å². The Morgan fingerprint density at radius 1 is 1.04 bits per heavy atom. The Labute approximate surface area is 157 Å². The summed E-state index contributed by atoms with van der Waals surface area (Å²) in [5.74, 6) is -6.42. The van der Waals surface area contributed by atoms with Gasteiger partial charge in [-0.05, 0) is 6.42 Å². The summed E-state index contributed by atoms with van der Waals surface area (Å²) < 4.78 is 4.77. The van der Waals surface area contributed by atoms with Crippen LogP contribution in [0.2, 0.25) is 0 Å². The molecule has 4 amide bonds.